The summed E-state index contributed by atoms with van der Waals surface area (Å²) in [6.45, 7) is 0.294. The van der Waals surface area contributed by atoms with Crippen molar-refractivity contribution in [3.8, 4) is 5.75 Å². The van der Waals surface area contributed by atoms with Crippen molar-refractivity contribution in [2.24, 2.45) is 28.8 Å². The number of amides is 2. The molecule has 5 rings (SSSR count). The third kappa shape index (κ3) is 3.22. The van der Waals surface area contributed by atoms with Crippen LogP contribution in [0.1, 0.15) is 17.5 Å². The predicted octanol–water partition coefficient (Wildman–Crippen LogP) is 4.71. The van der Waals surface area contributed by atoms with Gasteiger partial charge in [-0.25, -0.2) is 0 Å². The van der Waals surface area contributed by atoms with Crippen molar-refractivity contribution in [1.29, 1.82) is 0 Å². The van der Waals surface area contributed by atoms with Crippen LogP contribution in [0.5, 0.6) is 5.75 Å². The largest absolute Gasteiger partial charge is 0.488 e. The zero-order valence-corrected chi connectivity index (χ0v) is 17.4. The van der Waals surface area contributed by atoms with Gasteiger partial charge in [-0.15, -0.1) is 0 Å². The third-order valence-corrected chi connectivity index (χ3v) is 6.80. The Hall–Kier alpha value is -2.63. The monoisotopic (exact) mass is 440 g/mol. The van der Waals surface area contributed by atoms with E-state index in [9.17, 15) is 9.59 Å². The van der Waals surface area contributed by atoms with Crippen molar-refractivity contribution in [2.75, 3.05) is 0 Å². The molecule has 2 aromatic rings. The average molecular weight is 441 g/mol. The van der Waals surface area contributed by atoms with Crippen LogP contribution in [-0.4, -0.2) is 23.0 Å². The maximum atomic E-state index is 12.8. The fourth-order valence-corrected chi connectivity index (χ4v) is 4.95. The summed E-state index contributed by atoms with van der Waals surface area (Å²) in [5, 5.41) is 6.23. The highest BCUT2D eigenvalue weighted by Crippen LogP contribution is 2.52. The van der Waals surface area contributed by atoms with E-state index in [0.29, 0.717) is 28.0 Å². The van der Waals surface area contributed by atoms with Gasteiger partial charge in [-0.1, -0.05) is 53.6 Å². The van der Waals surface area contributed by atoms with Gasteiger partial charge in [0.1, 0.15) is 12.4 Å². The van der Waals surface area contributed by atoms with Crippen LogP contribution >= 0.6 is 23.2 Å². The van der Waals surface area contributed by atoms with Crippen LogP contribution in [0.3, 0.4) is 0 Å². The summed E-state index contributed by atoms with van der Waals surface area (Å²) in [7, 11) is 0. The molecule has 0 spiro atoms. The van der Waals surface area contributed by atoms with Crippen molar-refractivity contribution in [3.63, 3.8) is 0 Å². The lowest BCUT2D eigenvalue weighted by Crippen LogP contribution is -2.28. The van der Waals surface area contributed by atoms with Crippen molar-refractivity contribution in [2.45, 2.75) is 13.0 Å². The summed E-state index contributed by atoms with van der Waals surface area (Å²) in [4.78, 5) is 25.5. The number of fused-ring (bicyclic) bond motifs is 5. The normalized spacial score (nSPS) is 26.8. The minimum absolute atomic E-state index is 0.165. The maximum absolute atomic E-state index is 12.8. The number of allylic oxidation sites excluding steroid dienone is 2. The number of rotatable bonds is 5. The van der Waals surface area contributed by atoms with Crippen LogP contribution < -0.4 is 4.74 Å². The molecule has 0 unspecified atom stereocenters. The van der Waals surface area contributed by atoms with Gasteiger partial charge in [0.25, 0.3) is 11.8 Å². The number of benzene rings is 2. The quantitative estimate of drug-likeness (QED) is 0.384. The average Bonchev–Trinajstić information content (AvgIpc) is 3.42. The van der Waals surface area contributed by atoms with E-state index in [1.807, 2.05) is 30.3 Å². The fraction of sp³-hybridized carbons (Fsp3) is 0.261. The molecule has 4 atom stereocenters. The lowest BCUT2D eigenvalue weighted by molar-refractivity contribution is -0.140. The molecule has 2 amide bonds. The second-order valence-corrected chi connectivity index (χ2v) is 8.62. The maximum Gasteiger partial charge on any atom is 0.254 e. The number of nitrogens with zero attached hydrogens (tertiary/aromatic N) is 2. The van der Waals surface area contributed by atoms with Gasteiger partial charge in [-0.2, -0.15) is 10.1 Å². The first kappa shape index (κ1) is 19.3. The Labute approximate surface area is 183 Å². The number of halogens is 2. The summed E-state index contributed by atoms with van der Waals surface area (Å²) in [6.07, 6.45) is 6.54. The molecule has 2 bridgehead atoms. The number of hydrogen-bond acceptors (Lipinski definition) is 4. The number of carbonyl (C=O) groups excluding carboxylic acids is 2. The summed E-state index contributed by atoms with van der Waals surface area (Å²) >= 11 is 12.0. The first-order valence-corrected chi connectivity index (χ1v) is 10.5. The molecule has 2 aromatic carbocycles. The lowest BCUT2D eigenvalue weighted by atomic mass is 9.85. The zero-order valence-electron chi connectivity index (χ0n) is 15.9. The van der Waals surface area contributed by atoms with Gasteiger partial charge >= 0.3 is 0 Å². The standard InChI is InChI=1S/C23H18Cl2N2O3/c24-17-8-5-13(9-18(17)25)12-30-19-4-2-1-3-16(19)11-26-27-22(28)20-14-6-7-15(10-14)21(20)23(27)29/h1-9,11,14-15,20-21H,10,12H2/t14-,15-,20-,21+/m0/s1. The Balaban J connectivity index is 1.32. The van der Waals surface area contributed by atoms with Crippen molar-refractivity contribution in [3.05, 3.63) is 75.8 Å². The second-order valence-electron chi connectivity index (χ2n) is 7.81. The van der Waals surface area contributed by atoms with Crippen LogP contribution in [-0.2, 0) is 16.2 Å². The number of hydrogen-bond donors (Lipinski definition) is 0. The van der Waals surface area contributed by atoms with E-state index in [1.54, 1.807) is 12.1 Å². The van der Waals surface area contributed by atoms with E-state index in [-0.39, 0.29) is 35.5 Å². The topological polar surface area (TPSA) is 59.0 Å². The minimum atomic E-state index is -0.259. The van der Waals surface area contributed by atoms with Crippen LogP contribution in [0.25, 0.3) is 0 Å². The Morgan fingerprint density at radius 3 is 2.40 bits per heavy atom. The third-order valence-electron chi connectivity index (χ3n) is 6.06. The molecule has 0 aromatic heterocycles. The molecule has 152 valence electrons. The van der Waals surface area contributed by atoms with E-state index in [4.69, 9.17) is 27.9 Å². The molecule has 2 aliphatic carbocycles. The molecule has 1 saturated heterocycles. The van der Waals surface area contributed by atoms with Gasteiger partial charge in [-0.3, -0.25) is 9.59 Å². The van der Waals surface area contributed by atoms with E-state index in [2.05, 4.69) is 17.3 Å². The zero-order chi connectivity index (χ0) is 20.8. The molecule has 2 fully saturated rings. The number of imide groups is 1. The lowest BCUT2D eigenvalue weighted by Gasteiger charge is -2.13. The molecule has 1 heterocycles. The number of hydrazone groups is 1. The summed E-state index contributed by atoms with van der Waals surface area (Å²) < 4.78 is 5.91. The number of ether oxygens (including phenoxy) is 1. The van der Waals surface area contributed by atoms with Gasteiger partial charge in [0.05, 0.1) is 28.1 Å². The van der Waals surface area contributed by atoms with Crippen molar-refractivity contribution < 1.29 is 14.3 Å². The summed E-state index contributed by atoms with van der Waals surface area (Å²) in [6, 6.07) is 12.6. The molecule has 30 heavy (non-hydrogen) atoms. The molecule has 0 N–H and O–H groups in total. The van der Waals surface area contributed by atoms with Crippen molar-refractivity contribution >= 4 is 41.2 Å². The Morgan fingerprint density at radius 1 is 1.00 bits per heavy atom. The van der Waals surface area contributed by atoms with E-state index >= 15 is 0 Å². The van der Waals surface area contributed by atoms with Crippen LogP contribution in [0.2, 0.25) is 10.0 Å². The van der Waals surface area contributed by atoms with Gasteiger partial charge in [0.2, 0.25) is 0 Å². The Bertz CT molecular complexity index is 1070. The van der Waals surface area contributed by atoms with Crippen LogP contribution in [0.4, 0.5) is 0 Å². The van der Waals surface area contributed by atoms with Crippen LogP contribution in [0, 0.1) is 23.7 Å². The van der Waals surface area contributed by atoms with Gasteiger partial charge < -0.3 is 4.74 Å². The minimum Gasteiger partial charge on any atom is -0.488 e. The highest BCUT2D eigenvalue weighted by molar-refractivity contribution is 6.42. The molecule has 7 heteroatoms. The molecule has 5 nitrogen and oxygen atoms in total. The van der Waals surface area contributed by atoms with Gasteiger partial charge in [0.15, 0.2) is 0 Å². The highest BCUT2D eigenvalue weighted by atomic mass is 35.5. The predicted molar refractivity (Wildman–Crippen MR) is 114 cm³/mol. The first-order chi connectivity index (χ1) is 14.5. The summed E-state index contributed by atoms with van der Waals surface area (Å²) in [5.41, 5.74) is 1.55. The van der Waals surface area contributed by atoms with E-state index < -0.39 is 0 Å². The first-order valence-electron chi connectivity index (χ1n) is 9.79. The SMILES string of the molecule is O=C1[C@@H]2[C@H](C(=O)N1N=Cc1ccccc1OCc1ccc(Cl)c(Cl)c1)[C@H]1C=C[C@H]2C1. The van der Waals surface area contributed by atoms with Gasteiger partial charge in [0, 0.05) is 5.56 Å². The number of para-hydroxylation sites is 1. The fourth-order valence-electron chi connectivity index (χ4n) is 4.63. The molecule has 0 radical (unpaired) electrons. The molecule has 3 aliphatic rings. The smallest absolute Gasteiger partial charge is 0.254 e. The van der Waals surface area contributed by atoms with E-state index in [0.717, 1.165) is 17.0 Å². The Morgan fingerprint density at radius 2 is 1.70 bits per heavy atom. The van der Waals surface area contributed by atoms with Crippen LogP contribution in [0.15, 0.2) is 59.7 Å². The molecular weight excluding hydrogens is 423 g/mol. The molecule has 1 saturated carbocycles. The Kier molecular flexibility index (Phi) is 4.88. The molecular formula is C23H18Cl2N2O3. The summed E-state index contributed by atoms with van der Waals surface area (Å²) in [5.74, 6) is 0.00138. The van der Waals surface area contributed by atoms with Gasteiger partial charge in [-0.05, 0) is 48.1 Å². The molecule has 1 aliphatic heterocycles. The number of carbonyl (C=O) groups is 2. The van der Waals surface area contributed by atoms with Crippen molar-refractivity contribution in [1.82, 2.24) is 5.01 Å². The second kappa shape index (κ2) is 7.56. The highest BCUT2D eigenvalue weighted by Gasteiger charge is 2.59. The van der Waals surface area contributed by atoms with E-state index in [1.165, 1.54) is 6.21 Å².